The molecule has 6 nitrogen and oxygen atoms in total. The molecule has 122 valence electrons. The first-order valence-corrected chi connectivity index (χ1v) is 8.30. The maximum Gasteiger partial charge on any atom is 0.332 e. The fourth-order valence-corrected chi connectivity index (χ4v) is 2.78. The van der Waals surface area contributed by atoms with Gasteiger partial charge >= 0.3 is 8.60 Å². The van der Waals surface area contributed by atoms with Gasteiger partial charge in [0.25, 0.3) is 0 Å². The monoisotopic (exact) mass is 319 g/mol. The van der Waals surface area contributed by atoms with Gasteiger partial charge in [0, 0.05) is 19.6 Å². The van der Waals surface area contributed by atoms with E-state index in [1.165, 1.54) is 0 Å². The van der Waals surface area contributed by atoms with Crippen molar-refractivity contribution in [3.63, 3.8) is 0 Å². The minimum Gasteiger partial charge on any atom is -0.329 e. The van der Waals surface area contributed by atoms with Crippen LogP contribution < -0.4 is 0 Å². The van der Waals surface area contributed by atoms with Crippen LogP contribution in [-0.4, -0.2) is 69.8 Å². The summed E-state index contributed by atoms with van der Waals surface area (Å²) in [5, 5.41) is 0. The average Bonchev–Trinajstić information content (AvgIpc) is 2.76. The van der Waals surface area contributed by atoms with E-state index < -0.39 is 8.60 Å². The minimum absolute atomic E-state index is 0.0305. The van der Waals surface area contributed by atoms with Gasteiger partial charge in [0.15, 0.2) is 0 Å². The molecule has 0 bridgehead atoms. The highest BCUT2D eigenvalue weighted by atomic mass is 31.2. The Morgan fingerprint density at radius 2 is 2.05 bits per heavy atom. The first-order chi connectivity index (χ1) is 9.87. The van der Waals surface area contributed by atoms with Crippen molar-refractivity contribution in [3.8, 4) is 0 Å². The van der Waals surface area contributed by atoms with Gasteiger partial charge in [0.2, 0.25) is 5.91 Å². The van der Waals surface area contributed by atoms with Crippen molar-refractivity contribution in [1.29, 1.82) is 0 Å². The molecule has 21 heavy (non-hydrogen) atoms. The van der Waals surface area contributed by atoms with Crippen molar-refractivity contribution in [2.24, 2.45) is 5.92 Å². The number of carbonyl (C=O) groups excluding carboxylic acids is 1. The van der Waals surface area contributed by atoms with Crippen LogP contribution in [0.4, 0.5) is 0 Å². The van der Waals surface area contributed by atoms with Gasteiger partial charge < -0.3 is 23.0 Å². The van der Waals surface area contributed by atoms with E-state index in [0.717, 1.165) is 24.0 Å². The van der Waals surface area contributed by atoms with Crippen LogP contribution in [0.2, 0.25) is 0 Å². The van der Waals surface area contributed by atoms with E-state index in [2.05, 4.69) is 27.7 Å². The Morgan fingerprint density at radius 1 is 1.38 bits per heavy atom. The van der Waals surface area contributed by atoms with Crippen molar-refractivity contribution in [2.75, 3.05) is 54.6 Å². The van der Waals surface area contributed by atoms with E-state index in [-0.39, 0.29) is 11.8 Å². The second kappa shape index (κ2) is 8.81. The lowest BCUT2D eigenvalue weighted by Crippen LogP contribution is -2.37. The van der Waals surface area contributed by atoms with Gasteiger partial charge in [-0.1, -0.05) is 6.58 Å². The van der Waals surface area contributed by atoms with Crippen LogP contribution in [0.1, 0.15) is 12.8 Å². The molecule has 1 amide bonds. The Labute approximate surface area is 129 Å². The Morgan fingerprint density at radius 3 is 2.57 bits per heavy atom. The lowest BCUT2D eigenvalue weighted by Gasteiger charge is -2.24. The molecule has 0 spiro atoms. The van der Waals surface area contributed by atoms with E-state index in [1.807, 2.05) is 0 Å². The van der Waals surface area contributed by atoms with Crippen molar-refractivity contribution < 1.29 is 22.8 Å². The summed E-state index contributed by atoms with van der Waals surface area (Å²) in [6.45, 7) is 6.35. The third kappa shape index (κ3) is 6.85. The number of quaternary nitrogens is 1. The Kier molecular flexibility index (Phi) is 7.77. The highest BCUT2D eigenvalue weighted by Crippen LogP contribution is 2.39. The van der Waals surface area contributed by atoms with Crippen molar-refractivity contribution in [1.82, 2.24) is 4.90 Å². The smallest absolute Gasteiger partial charge is 0.329 e. The molecule has 0 radical (unpaired) electrons. The Bertz CT molecular complexity index is 346. The van der Waals surface area contributed by atoms with Crippen LogP contribution in [0.5, 0.6) is 0 Å². The number of hydrogen-bond donors (Lipinski definition) is 0. The number of nitrogens with zero attached hydrogens (tertiary/aromatic N) is 2. The Hall–Kier alpha value is -0.520. The van der Waals surface area contributed by atoms with Crippen LogP contribution in [0.15, 0.2) is 12.8 Å². The van der Waals surface area contributed by atoms with Crippen LogP contribution in [0.25, 0.3) is 0 Å². The number of amides is 1. The van der Waals surface area contributed by atoms with Crippen molar-refractivity contribution in [3.05, 3.63) is 12.8 Å². The predicted octanol–water partition coefficient (Wildman–Crippen LogP) is 1.98. The van der Waals surface area contributed by atoms with E-state index in [9.17, 15) is 4.79 Å². The summed E-state index contributed by atoms with van der Waals surface area (Å²) >= 11 is 0. The predicted molar refractivity (Wildman–Crippen MR) is 83.4 cm³/mol. The zero-order valence-electron chi connectivity index (χ0n) is 13.6. The molecule has 0 saturated carbocycles. The molecule has 0 aromatic heterocycles. The van der Waals surface area contributed by atoms with E-state index >= 15 is 0 Å². The summed E-state index contributed by atoms with van der Waals surface area (Å²) in [6.07, 6.45) is 3.16. The molecule has 1 rings (SSSR count). The maximum absolute atomic E-state index is 11.9. The lowest BCUT2D eigenvalue weighted by molar-refractivity contribution is -0.870. The van der Waals surface area contributed by atoms with Gasteiger partial charge in [-0.2, -0.15) is 0 Å². The van der Waals surface area contributed by atoms with E-state index in [1.54, 1.807) is 18.2 Å². The number of carbonyl (C=O) groups is 1. The highest BCUT2D eigenvalue weighted by Gasteiger charge is 2.29. The van der Waals surface area contributed by atoms with E-state index in [0.29, 0.717) is 19.6 Å². The van der Waals surface area contributed by atoms with Gasteiger partial charge in [-0.05, 0) is 19.0 Å². The van der Waals surface area contributed by atoms with Crippen LogP contribution >= 0.6 is 8.60 Å². The summed E-state index contributed by atoms with van der Waals surface area (Å²) < 4.78 is 17.2. The molecule has 0 aromatic carbocycles. The highest BCUT2D eigenvalue weighted by molar-refractivity contribution is 7.41. The number of hydrogen-bond acceptors (Lipinski definition) is 4. The number of likely N-dealkylation sites (tertiary alicyclic amines) is 1. The second-order valence-electron chi connectivity index (χ2n) is 6.08. The molecule has 0 N–H and O–H groups in total. The summed E-state index contributed by atoms with van der Waals surface area (Å²) in [5.74, 6) is 0.171. The molecule has 1 aliphatic heterocycles. The molecule has 1 fully saturated rings. The first-order valence-electron chi connectivity index (χ1n) is 7.21. The summed E-state index contributed by atoms with van der Waals surface area (Å²) in [5.41, 5.74) is 0. The summed E-state index contributed by atoms with van der Waals surface area (Å²) in [6, 6.07) is 0. The third-order valence-corrected chi connectivity index (χ3v) is 4.43. The fraction of sp³-hybridized carbons (Fsp3) is 0.786. The minimum atomic E-state index is -1.32. The quantitative estimate of drug-likeness (QED) is 0.456. The molecule has 0 aliphatic carbocycles. The molecule has 2 unspecified atom stereocenters. The molecule has 2 atom stereocenters. The maximum atomic E-state index is 11.9. The molecule has 7 heteroatoms. The van der Waals surface area contributed by atoms with Gasteiger partial charge in [0.1, 0.15) is 13.2 Å². The van der Waals surface area contributed by atoms with Crippen molar-refractivity contribution >= 4 is 14.5 Å². The van der Waals surface area contributed by atoms with Gasteiger partial charge in [0.05, 0.1) is 27.7 Å². The van der Waals surface area contributed by atoms with Crippen LogP contribution in [0, 0.1) is 5.92 Å². The van der Waals surface area contributed by atoms with E-state index in [4.69, 9.17) is 13.6 Å². The number of rotatable bonds is 10. The Balaban J connectivity index is 2.20. The molecule has 1 heterocycles. The third-order valence-electron chi connectivity index (χ3n) is 3.34. The molecule has 1 saturated heterocycles. The first kappa shape index (κ1) is 18.5. The summed E-state index contributed by atoms with van der Waals surface area (Å²) in [7, 11) is 6.59. The normalized spacial score (nSPS) is 20.9. The van der Waals surface area contributed by atoms with Gasteiger partial charge in [-0.3, -0.25) is 4.79 Å². The van der Waals surface area contributed by atoms with Crippen LogP contribution in [-0.2, 0) is 18.4 Å². The van der Waals surface area contributed by atoms with Gasteiger partial charge in [-0.15, -0.1) is 0 Å². The summed E-state index contributed by atoms with van der Waals surface area (Å²) in [4.78, 5) is 13.6. The molecular weight excluding hydrogens is 291 g/mol. The second-order valence-corrected chi connectivity index (χ2v) is 7.40. The number of likely N-dealkylation sites (N-methyl/N-ethyl adjacent to an activating group) is 1. The topological polar surface area (TPSA) is 48.0 Å². The average molecular weight is 319 g/mol. The van der Waals surface area contributed by atoms with Crippen LogP contribution in [0.3, 0.4) is 0 Å². The zero-order valence-corrected chi connectivity index (χ0v) is 14.5. The largest absolute Gasteiger partial charge is 0.332 e. The standard InChI is InChI=1S/C14H28N2O4P/c1-6-15-9-7-13(14(15)17)8-11-19-21(18-5)20-12-10-16(2,3)4/h6,13H,1,7-12H2,2-5H3/q+1. The lowest BCUT2D eigenvalue weighted by atomic mass is 10.1. The molecule has 0 aromatic rings. The molecule has 1 aliphatic rings. The van der Waals surface area contributed by atoms with Crippen molar-refractivity contribution in [2.45, 2.75) is 12.8 Å². The van der Waals surface area contributed by atoms with Gasteiger partial charge in [-0.25, -0.2) is 0 Å². The zero-order chi connectivity index (χ0) is 15.9. The molecular formula is C14H28N2O4P+. The fourth-order valence-electron chi connectivity index (χ4n) is 2.01. The SMILES string of the molecule is C=CN1CCC(CCOP(OC)OCC[N+](C)(C)C)C1=O.